The summed E-state index contributed by atoms with van der Waals surface area (Å²) in [5.41, 5.74) is 2.84. The molecule has 80 valence electrons. The molecule has 1 aromatic heterocycles. The number of hydrogen-bond donors (Lipinski definition) is 1. The smallest absolute Gasteiger partial charge is 0.183 e. The molecule has 0 aliphatic carbocycles. The minimum atomic E-state index is 0.526. The molecule has 0 atom stereocenters. The van der Waals surface area contributed by atoms with Gasteiger partial charge >= 0.3 is 0 Å². The van der Waals surface area contributed by atoms with Gasteiger partial charge in [0.05, 0.1) is 17.6 Å². The van der Waals surface area contributed by atoms with Crippen LogP contribution in [-0.4, -0.2) is 6.61 Å². The lowest BCUT2D eigenvalue weighted by molar-refractivity contribution is 0.0164. The van der Waals surface area contributed by atoms with Gasteiger partial charge in [-0.25, -0.2) is 0 Å². The van der Waals surface area contributed by atoms with Gasteiger partial charge in [-0.15, -0.1) is 0 Å². The third-order valence-corrected chi connectivity index (χ3v) is 3.17. The predicted molar refractivity (Wildman–Crippen MR) is 61.7 cm³/mol. The van der Waals surface area contributed by atoms with Crippen molar-refractivity contribution in [2.45, 2.75) is 20.4 Å². The summed E-state index contributed by atoms with van der Waals surface area (Å²) in [5, 5.41) is 0. The van der Waals surface area contributed by atoms with Crippen molar-refractivity contribution in [1.29, 1.82) is 0 Å². The molecule has 3 nitrogen and oxygen atoms in total. The molecule has 1 N–H and O–H groups in total. The molecule has 5 heteroatoms. The normalized spacial score (nSPS) is 11.2. The molecular weight excluding hydrogens is 314 g/mol. The Morgan fingerprint density at radius 3 is 2.71 bits per heavy atom. The minimum Gasteiger partial charge on any atom is -0.452 e. The van der Waals surface area contributed by atoms with Crippen molar-refractivity contribution < 1.29 is 9.25 Å². The Balaban J connectivity index is 2.25. The van der Waals surface area contributed by atoms with Gasteiger partial charge in [-0.1, -0.05) is 13.8 Å². The second-order valence-electron chi connectivity index (χ2n) is 3.36. The summed E-state index contributed by atoms with van der Waals surface area (Å²) in [6, 6.07) is 1.90. The fourth-order valence-corrected chi connectivity index (χ4v) is 1.48. The van der Waals surface area contributed by atoms with Gasteiger partial charge in [0.15, 0.2) is 4.67 Å². The van der Waals surface area contributed by atoms with E-state index in [1.54, 1.807) is 0 Å². The quantitative estimate of drug-likeness (QED) is 0.664. The third-order valence-electron chi connectivity index (χ3n) is 1.46. The van der Waals surface area contributed by atoms with E-state index in [2.05, 4.69) is 51.2 Å². The zero-order chi connectivity index (χ0) is 10.6. The lowest BCUT2D eigenvalue weighted by Crippen LogP contribution is -2.16. The average Bonchev–Trinajstić information content (AvgIpc) is 2.40. The molecule has 1 rings (SSSR count). The van der Waals surface area contributed by atoms with Crippen LogP contribution in [0.5, 0.6) is 0 Å². The fourth-order valence-electron chi connectivity index (χ4n) is 0.826. The van der Waals surface area contributed by atoms with Gasteiger partial charge in [0, 0.05) is 0 Å². The highest BCUT2D eigenvalue weighted by molar-refractivity contribution is 9.13. The van der Waals surface area contributed by atoms with Crippen LogP contribution in [-0.2, 0) is 11.4 Å². The lowest BCUT2D eigenvalue weighted by Gasteiger charge is -2.05. The largest absolute Gasteiger partial charge is 0.452 e. The number of rotatable bonds is 5. The van der Waals surface area contributed by atoms with Crippen molar-refractivity contribution in [1.82, 2.24) is 5.48 Å². The van der Waals surface area contributed by atoms with Crippen LogP contribution in [0.25, 0.3) is 0 Å². The Labute approximate surface area is 100 Å². The number of furan rings is 1. The molecule has 0 amide bonds. The van der Waals surface area contributed by atoms with E-state index >= 15 is 0 Å². The first-order valence-electron chi connectivity index (χ1n) is 4.38. The molecule has 0 radical (unpaired) electrons. The maximum absolute atomic E-state index is 5.35. The van der Waals surface area contributed by atoms with Crippen LogP contribution in [0.3, 0.4) is 0 Å². The molecule has 0 unspecified atom stereocenters. The van der Waals surface area contributed by atoms with Crippen LogP contribution < -0.4 is 5.48 Å². The van der Waals surface area contributed by atoms with Gasteiger partial charge in [0.2, 0.25) is 0 Å². The molecule has 14 heavy (non-hydrogen) atoms. The highest BCUT2D eigenvalue weighted by Gasteiger charge is 2.05. The van der Waals surface area contributed by atoms with E-state index in [4.69, 9.17) is 9.25 Å². The molecule has 0 aliphatic heterocycles. The summed E-state index contributed by atoms with van der Waals surface area (Å²) in [4.78, 5) is 5.21. The van der Waals surface area contributed by atoms with E-state index in [1.165, 1.54) is 0 Å². The van der Waals surface area contributed by atoms with Crippen LogP contribution in [0.1, 0.15) is 19.6 Å². The monoisotopic (exact) mass is 325 g/mol. The maximum Gasteiger partial charge on any atom is 0.183 e. The van der Waals surface area contributed by atoms with E-state index in [9.17, 15) is 0 Å². The maximum atomic E-state index is 5.35. The van der Waals surface area contributed by atoms with Crippen LogP contribution in [0.15, 0.2) is 19.6 Å². The Morgan fingerprint density at radius 2 is 2.21 bits per heavy atom. The highest BCUT2D eigenvalue weighted by atomic mass is 79.9. The Bertz CT molecular complexity index is 267. The fraction of sp³-hybridized carbons (Fsp3) is 0.556. The first kappa shape index (κ1) is 12.2. The summed E-state index contributed by atoms with van der Waals surface area (Å²) in [5.74, 6) is 1.35. The summed E-state index contributed by atoms with van der Waals surface area (Å²) in [6.45, 7) is 5.46. The summed E-state index contributed by atoms with van der Waals surface area (Å²) in [7, 11) is 0. The van der Waals surface area contributed by atoms with Crippen molar-refractivity contribution in [2.24, 2.45) is 5.92 Å². The van der Waals surface area contributed by atoms with E-state index in [0.29, 0.717) is 23.7 Å². The van der Waals surface area contributed by atoms with E-state index in [-0.39, 0.29) is 0 Å². The topological polar surface area (TPSA) is 34.4 Å². The van der Waals surface area contributed by atoms with Crippen LogP contribution in [0.2, 0.25) is 0 Å². The molecular formula is C9H13Br2NO2. The molecule has 0 saturated heterocycles. The first-order valence-corrected chi connectivity index (χ1v) is 5.96. The third kappa shape index (κ3) is 4.13. The number of hydroxylamine groups is 1. The molecule has 0 fully saturated rings. The number of nitrogens with one attached hydrogen (secondary N) is 1. The van der Waals surface area contributed by atoms with Crippen molar-refractivity contribution in [3.05, 3.63) is 21.0 Å². The van der Waals surface area contributed by atoms with Crippen LogP contribution in [0, 0.1) is 5.92 Å². The highest BCUT2D eigenvalue weighted by Crippen LogP contribution is 2.26. The Morgan fingerprint density at radius 1 is 1.50 bits per heavy atom. The van der Waals surface area contributed by atoms with E-state index in [1.807, 2.05) is 6.07 Å². The molecule has 1 aromatic rings. The second-order valence-corrected chi connectivity index (χ2v) is 4.93. The standard InChI is InChI=1S/C9H13Br2NO2/c1-6(2)5-13-12-4-7-3-8(10)9(11)14-7/h3,6,12H,4-5H2,1-2H3. The van der Waals surface area contributed by atoms with Crippen LogP contribution in [0.4, 0.5) is 0 Å². The zero-order valence-electron chi connectivity index (χ0n) is 8.14. The summed E-state index contributed by atoms with van der Waals surface area (Å²) >= 11 is 6.61. The number of halogens is 2. The van der Waals surface area contributed by atoms with Crippen molar-refractivity contribution in [3.8, 4) is 0 Å². The van der Waals surface area contributed by atoms with E-state index in [0.717, 1.165) is 10.2 Å². The lowest BCUT2D eigenvalue weighted by atomic mass is 10.2. The van der Waals surface area contributed by atoms with Crippen molar-refractivity contribution in [2.75, 3.05) is 6.61 Å². The van der Waals surface area contributed by atoms with E-state index < -0.39 is 0 Å². The predicted octanol–water partition coefficient (Wildman–Crippen LogP) is 3.48. The molecule has 1 heterocycles. The summed E-state index contributed by atoms with van der Waals surface area (Å²) in [6.07, 6.45) is 0. The van der Waals surface area contributed by atoms with Crippen molar-refractivity contribution in [3.63, 3.8) is 0 Å². The van der Waals surface area contributed by atoms with Crippen LogP contribution >= 0.6 is 31.9 Å². The van der Waals surface area contributed by atoms with Crippen molar-refractivity contribution >= 4 is 31.9 Å². The number of hydrogen-bond acceptors (Lipinski definition) is 3. The average molecular weight is 327 g/mol. The molecule has 0 bridgehead atoms. The zero-order valence-corrected chi connectivity index (χ0v) is 11.3. The van der Waals surface area contributed by atoms with Gasteiger partial charge in [-0.2, -0.15) is 5.48 Å². The van der Waals surface area contributed by atoms with Gasteiger partial charge in [0.1, 0.15) is 5.76 Å². The second kappa shape index (κ2) is 5.90. The van der Waals surface area contributed by atoms with Gasteiger partial charge in [-0.05, 0) is 43.8 Å². The first-order chi connectivity index (χ1) is 6.59. The Hall–Kier alpha value is 0.160. The molecule has 0 aromatic carbocycles. The Kier molecular flexibility index (Phi) is 5.15. The molecule has 0 saturated carbocycles. The minimum absolute atomic E-state index is 0.526. The molecule has 0 aliphatic rings. The van der Waals surface area contributed by atoms with Gasteiger partial charge in [-0.3, -0.25) is 0 Å². The van der Waals surface area contributed by atoms with Gasteiger partial charge in [0.25, 0.3) is 0 Å². The van der Waals surface area contributed by atoms with Gasteiger partial charge < -0.3 is 9.25 Å². The SMILES string of the molecule is CC(C)CONCc1cc(Br)c(Br)o1. The molecule has 0 spiro atoms. The summed E-state index contributed by atoms with van der Waals surface area (Å²) < 4.78 is 6.97.